The van der Waals surface area contributed by atoms with E-state index in [2.05, 4.69) is 16.0 Å². The van der Waals surface area contributed by atoms with E-state index in [0.717, 1.165) is 0 Å². The second-order valence-corrected chi connectivity index (χ2v) is 7.43. The van der Waals surface area contributed by atoms with Gasteiger partial charge in [-0.2, -0.15) is 0 Å². The van der Waals surface area contributed by atoms with Crippen molar-refractivity contribution in [2.75, 3.05) is 13.1 Å². The number of hydrogen-bond acceptors (Lipinski definition) is 7. The highest BCUT2D eigenvalue weighted by molar-refractivity contribution is 5.93. The number of unbranched alkanes of at least 4 members (excludes halogenated alkanes) is 1. The van der Waals surface area contributed by atoms with Crippen LogP contribution in [0.2, 0.25) is 0 Å². The summed E-state index contributed by atoms with van der Waals surface area (Å²) in [5.74, 6) is -4.03. The van der Waals surface area contributed by atoms with Gasteiger partial charge in [0.2, 0.25) is 23.6 Å². The van der Waals surface area contributed by atoms with Crippen LogP contribution in [0.15, 0.2) is 0 Å². The number of rotatable bonds is 15. The Hall–Kier alpha value is -2.73. The molecule has 0 aromatic rings. The molecule has 0 aromatic carbocycles. The molecule has 0 aliphatic carbocycles. The summed E-state index contributed by atoms with van der Waals surface area (Å²) in [5.41, 5.74) is 16.2. The molecule has 0 spiro atoms. The van der Waals surface area contributed by atoms with E-state index in [9.17, 15) is 24.0 Å². The molecule has 0 bridgehead atoms. The molecular formula is C18H34N6O6. The number of carboxylic acids is 1. The van der Waals surface area contributed by atoms with E-state index >= 15 is 0 Å². The Labute approximate surface area is 175 Å². The van der Waals surface area contributed by atoms with Crippen LogP contribution in [0.25, 0.3) is 0 Å². The molecule has 172 valence electrons. The maximum atomic E-state index is 12.5. The zero-order valence-electron chi connectivity index (χ0n) is 17.5. The molecule has 0 heterocycles. The van der Waals surface area contributed by atoms with E-state index < -0.39 is 60.7 Å². The van der Waals surface area contributed by atoms with Crippen LogP contribution in [-0.2, 0) is 24.0 Å². The van der Waals surface area contributed by atoms with E-state index in [1.54, 1.807) is 0 Å². The highest BCUT2D eigenvalue weighted by Gasteiger charge is 2.27. The van der Waals surface area contributed by atoms with Crippen LogP contribution in [-0.4, -0.2) is 65.9 Å². The van der Waals surface area contributed by atoms with Gasteiger partial charge >= 0.3 is 5.97 Å². The molecule has 0 aromatic heterocycles. The molecule has 10 N–H and O–H groups in total. The first-order valence-corrected chi connectivity index (χ1v) is 9.82. The van der Waals surface area contributed by atoms with Crippen LogP contribution in [0.4, 0.5) is 0 Å². The molecule has 0 saturated carbocycles. The van der Waals surface area contributed by atoms with Crippen molar-refractivity contribution in [2.24, 2.45) is 23.1 Å². The van der Waals surface area contributed by atoms with Crippen LogP contribution in [0, 0.1) is 5.92 Å². The third-order valence-electron chi connectivity index (χ3n) is 4.10. The van der Waals surface area contributed by atoms with E-state index in [4.69, 9.17) is 22.3 Å². The molecule has 12 nitrogen and oxygen atoms in total. The molecule has 0 radical (unpaired) electrons. The monoisotopic (exact) mass is 430 g/mol. The molecule has 0 aliphatic rings. The molecule has 3 unspecified atom stereocenters. The van der Waals surface area contributed by atoms with Crippen LogP contribution in [0.1, 0.15) is 46.0 Å². The van der Waals surface area contributed by atoms with E-state index in [1.165, 1.54) is 0 Å². The van der Waals surface area contributed by atoms with Gasteiger partial charge in [0.1, 0.15) is 12.1 Å². The van der Waals surface area contributed by atoms with Crippen LogP contribution >= 0.6 is 0 Å². The molecule has 30 heavy (non-hydrogen) atoms. The molecule has 0 saturated heterocycles. The van der Waals surface area contributed by atoms with Crippen molar-refractivity contribution >= 4 is 29.6 Å². The lowest BCUT2D eigenvalue weighted by Gasteiger charge is -2.21. The quantitative estimate of drug-likeness (QED) is 0.138. The van der Waals surface area contributed by atoms with Gasteiger partial charge in [-0.1, -0.05) is 13.8 Å². The number of aliphatic carboxylic acids is 1. The lowest BCUT2D eigenvalue weighted by atomic mass is 10.0. The summed E-state index contributed by atoms with van der Waals surface area (Å²) in [5, 5.41) is 16.2. The molecule has 4 amide bonds. The first-order chi connectivity index (χ1) is 14.0. The number of nitrogens with two attached hydrogens (primary N) is 3. The second kappa shape index (κ2) is 14.3. The Bertz CT molecular complexity index is 612. The Balaban J connectivity index is 4.92. The second-order valence-electron chi connectivity index (χ2n) is 7.43. The predicted molar refractivity (Wildman–Crippen MR) is 109 cm³/mol. The fraction of sp³-hybridized carbons (Fsp3) is 0.722. The maximum absolute atomic E-state index is 12.5. The molecule has 0 fully saturated rings. The zero-order valence-corrected chi connectivity index (χ0v) is 17.5. The largest absolute Gasteiger partial charge is 0.480 e. The number of amides is 4. The minimum atomic E-state index is -1.52. The van der Waals surface area contributed by atoms with E-state index in [1.807, 2.05) is 13.8 Å². The first kappa shape index (κ1) is 27.3. The summed E-state index contributed by atoms with van der Waals surface area (Å²) in [6, 6.07) is -3.34. The topological polar surface area (TPSA) is 220 Å². The van der Waals surface area contributed by atoms with Crippen molar-refractivity contribution in [3.8, 4) is 0 Å². The average Bonchev–Trinajstić information content (AvgIpc) is 2.63. The molecule has 0 aliphatic heterocycles. The summed E-state index contributed by atoms with van der Waals surface area (Å²) in [4.78, 5) is 58.8. The van der Waals surface area contributed by atoms with Gasteiger partial charge in [-0.15, -0.1) is 0 Å². The minimum absolute atomic E-state index is 0.193. The normalized spacial score (nSPS) is 13.8. The van der Waals surface area contributed by atoms with Gasteiger partial charge in [-0.05, 0) is 38.1 Å². The average molecular weight is 431 g/mol. The van der Waals surface area contributed by atoms with Gasteiger partial charge in [-0.25, -0.2) is 4.79 Å². The van der Waals surface area contributed by atoms with E-state index in [-0.39, 0.29) is 12.3 Å². The van der Waals surface area contributed by atoms with Crippen LogP contribution < -0.4 is 33.2 Å². The standard InChI is InChI=1S/C18H34N6O6/c1-10(2)7-11(20)16(27)22-9-15(26)23-12(5-3-4-6-19)17(28)24-13(18(29)30)8-14(21)25/h10-13H,3-9,19-20H2,1-2H3,(H2,21,25)(H,22,27)(H,23,26)(H,24,28)(H,29,30). The van der Waals surface area contributed by atoms with E-state index in [0.29, 0.717) is 25.8 Å². The highest BCUT2D eigenvalue weighted by Crippen LogP contribution is 2.04. The van der Waals surface area contributed by atoms with Crippen molar-refractivity contribution in [3.63, 3.8) is 0 Å². The van der Waals surface area contributed by atoms with Gasteiger partial charge in [-0.3, -0.25) is 19.2 Å². The molecule has 0 rings (SSSR count). The van der Waals surface area contributed by atoms with Crippen LogP contribution in [0.5, 0.6) is 0 Å². The fourth-order valence-corrected chi connectivity index (χ4v) is 2.59. The Morgan fingerprint density at radius 3 is 2.10 bits per heavy atom. The zero-order chi connectivity index (χ0) is 23.3. The smallest absolute Gasteiger partial charge is 0.326 e. The maximum Gasteiger partial charge on any atom is 0.326 e. The lowest BCUT2D eigenvalue weighted by molar-refractivity contribution is -0.143. The Morgan fingerprint density at radius 2 is 1.60 bits per heavy atom. The fourth-order valence-electron chi connectivity index (χ4n) is 2.59. The third-order valence-corrected chi connectivity index (χ3v) is 4.10. The van der Waals surface area contributed by atoms with Gasteiger partial charge in [0.25, 0.3) is 0 Å². The van der Waals surface area contributed by atoms with Gasteiger partial charge < -0.3 is 38.3 Å². The van der Waals surface area contributed by atoms with Crippen molar-refractivity contribution in [2.45, 2.75) is 64.1 Å². The SMILES string of the molecule is CC(C)CC(N)C(=O)NCC(=O)NC(CCCCN)C(=O)NC(CC(N)=O)C(=O)O. The number of carbonyl (C=O) groups excluding carboxylic acids is 4. The van der Waals surface area contributed by atoms with Crippen molar-refractivity contribution < 1.29 is 29.1 Å². The van der Waals surface area contributed by atoms with Crippen molar-refractivity contribution in [3.05, 3.63) is 0 Å². The molecule has 3 atom stereocenters. The summed E-state index contributed by atoms with van der Waals surface area (Å²) in [6.07, 6.45) is 1.14. The summed E-state index contributed by atoms with van der Waals surface area (Å²) < 4.78 is 0. The Morgan fingerprint density at radius 1 is 0.967 bits per heavy atom. The number of nitrogens with one attached hydrogen (secondary N) is 3. The number of primary amides is 1. The van der Waals surface area contributed by atoms with Gasteiger partial charge in [0, 0.05) is 0 Å². The first-order valence-electron chi connectivity index (χ1n) is 9.82. The summed E-state index contributed by atoms with van der Waals surface area (Å²) in [7, 11) is 0. The summed E-state index contributed by atoms with van der Waals surface area (Å²) >= 11 is 0. The molecule has 12 heteroatoms. The van der Waals surface area contributed by atoms with Crippen LogP contribution in [0.3, 0.4) is 0 Å². The van der Waals surface area contributed by atoms with Crippen molar-refractivity contribution in [1.82, 2.24) is 16.0 Å². The van der Waals surface area contributed by atoms with Gasteiger partial charge in [0.15, 0.2) is 0 Å². The third kappa shape index (κ3) is 12.0. The Kier molecular flexibility index (Phi) is 13.0. The lowest BCUT2D eigenvalue weighted by Crippen LogP contribution is -2.54. The molecular weight excluding hydrogens is 396 g/mol. The minimum Gasteiger partial charge on any atom is -0.480 e. The number of carboxylic acid groups (broad SMARTS) is 1. The van der Waals surface area contributed by atoms with Crippen molar-refractivity contribution in [1.29, 1.82) is 0 Å². The predicted octanol–water partition coefficient (Wildman–Crippen LogP) is -2.47. The number of hydrogen-bond donors (Lipinski definition) is 7. The summed E-state index contributed by atoms with van der Waals surface area (Å²) in [6.45, 7) is 3.81. The highest BCUT2D eigenvalue weighted by atomic mass is 16.4. The van der Waals surface area contributed by atoms with Gasteiger partial charge in [0.05, 0.1) is 19.0 Å². The number of carbonyl (C=O) groups is 5.